The minimum absolute atomic E-state index is 0.00747. The van der Waals surface area contributed by atoms with E-state index in [4.69, 9.17) is 0 Å². The Bertz CT molecular complexity index is 559. The molecule has 2 heterocycles. The van der Waals surface area contributed by atoms with Gasteiger partial charge in [-0.05, 0) is 0 Å². The van der Waals surface area contributed by atoms with Gasteiger partial charge in [0, 0.05) is 38.3 Å². The van der Waals surface area contributed by atoms with Crippen LogP contribution in [0.3, 0.4) is 0 Å². The average Bonchev–Trinajstić information content (AvgIpc) is 3.00. The van der Waals surface area contributed by atoms with Crippen LogP contribution in [0.2, 0.25) is 0 Å². The molecule has 1 aliphatic heterocycles. The topological polar surface area (TPSA) is 94.6 Å². The lowest BCUT2D eigenvalue weighted by Crippen LogP contribution is -2.36. The summed E-state index contributed by atoms with van der Waals surface area (Å²) in [6, 6.07) is -0.149. The molecule has 0 aliphatic carbocycles. The molecule has 0 spiro atoms. The first-order valence-corrected chi connectivity index (χ1v) is 7.26. The molecule has 0 unspecified atom stereocenters. The number of rotatable bonds is 5. The number of carbonyl (C=O) groups excluding carboxylic acids is 3. The molecule has 0 aromatic carbocycles. The van der Waals surface area contributed by atoms with Gasteiger partial charge in [0.15, 0.2) is 5.13 Å². The van der Waals surface area contributed by atoms with Gasteiger partial charge in [-0.1, -0.05) is 0 Å². The Labute approximate surface area is 126 Å². The lowest BCUT2D eigenvalue weighted by molar-refractivity contribution is -0.120. The minimum atomic E-state index is -0.292. The largest absolute Gasteiger partial charge is 0.359 e. The summed E-state index contributed by atoms with van der Waals surface area (Å²) in [5.74, 6) is -0.401. The van der Waals surface area contributed by atoms with Crippen molar-refractivity contribution < 1.29 is 14.4 Å². The van der Waals surface area contributed by atoms with Gasteiger partial charge < -0.3 is 20.4 Å². The number of thiazole rings is 1. The van der Waals surface area contributed by atoms with Crippen molar-refractivity contribution in [1.29, 1.82) is 0 Å². The summed E-state index contributed by atoms with van der Waals surface area (Å²) in [5, 5.41) is 5.59. The Hall–Kier alpha value is -2.16. The van der Waals surface area contributed by atoms with E-state index in [1.807, 2.05) is 0 Å². The molecule has 2 rings (SSSR count). The predicted octanol–water partition coefficient (Wildman–Crippen LogP) is -0.263. The molecule has 1 aromatic rings. The van der Waals surface area contributed by atoms with Gasteiger partial charge >= 0.3 is 6.03 Å². The van der Waals surface area contributed by atoms with Gasteiger partial charge in [-0.3, -0.25) is 9.59 Å². The molecular weight excluding hydrogens is 294 g/mol. The van der Waals surface area contributed by atoms with Gasteiger partial charge in [0.1, 0.15) is 6.54 Å². The number of hydrogen-bond acceptors (Lipinski definition) is 5. The Morgan fingerprint density at radius 3 is 2.76 bits per heavy atom. The maximum absolute atomic E-state index is 11.9. The molecule has 1 fully saturated rings. The lowest BCUT2D eigenvalue weighted by Gasteiger charge is -2.14. The van der Waals surface area contributed by atoms with Crippen molar-refractivity contribution >= 4 is 34.3 Å². The van der Waals surface area contributed by atoms with Crippen LogP contribution >= 0.6 is 11.3 Å². The molecule has 0 saturated carbocycles. The smallest absolute Gasteiger partial charge is 0.320 e. The zero-order valence-corrected chi connectivity index (χ0v) is 12.7. The maximum atomic E-state index is 11.9. The number of carbonyl (C=O) groups is 3. The van der Waals surface area contributed by atoms with Crippen molar-refractivity contribution in [2.45, 2.75) is 6.42 Å². The second-order valence-corrected chi connectivity index (χ2v) is 5.77. The van der Waals surface area contributed by atoms with Crippen molar-refractivity contribution in [2.75, 3.05) is 39.0 Å². The maximum Gasteiger partial charge on any atom is 0.320 e. The average molecular weight is 311 g/mol. The number of aromatic nitrogens is 1. The highest BCUT2D eigenvalue weighted by molar-refractivity contribution is 7.15. The predicted molar refractivity (Wildman–Crippen MR) is 78.1 cm³/mol. The Kier molecular flexibility index (Phi) is 4.73. The van der Waals surface area contributed by atoms with Crippen LogP contribution < -0.4 is 10.6 Å². The monoisotopic (exact) mass is 311 g/mol. The summed E-state index contributed by atoms with van der Waals surface area (Å²) in [4.78, 5) is 42.6. The van der Waals surface area contributed by atoms with Gasteiger partial charge in [-0.2, -0.15) is 0 Å². The van der Waals surface area contributed by atoms with E-state index in [2.05, 4.69) is 15.6 Å². The number of nitrogens with one attached hydrogen (secondary N) is 2. The quantitative estimate of drug-likeness (QED) is 0.783. The third-order valence-electron chi connectivity index (χ3n) is 3.05. The van der Waals surface area contributed by atoms with E-state index in [1.54, 1.807) is 25.2 Å². The molecule has 1 saturated heterocycles. The number of likely N-dealkylation sites (N-methyl/N-ethyl adjacent to an activating group) is 2. The molecule has 2 N–H and O–H groups in total. The molecule has 21 heavy (non-hydrogen) atoms. The van der Waals surface area contributed by atoms with E-state index in [-0.39, 0.29) is 30.8 Å². The highest BCUT2D eigenvalue weighted by atomic mass is 32.1. The summed E-state index contributed by atoms with van der Waals surface area (Å²) in [5.41, 5.74) is 0. The van der Waals surface area contributed by atoms with Crippen LogP contribution in [0.25, 0.3) is 0 Å². The van der Waals surface area contributed by atoms with Crippen LogP contribution in [0.5, 0.6) is 0 Å². The standard InChI is InChI=1S/C12H17N5O3S/c1-13-9(18)5-8-6-14-11(21-8)15-10(19)7-17-4-3-16(2)12(17)20/h6H,3-5,7H2,1-2H3,(H,13,18)(H,14,15,19). The van der Waals surface area contributed by atoms with Crippen LogP contribution in [0.1, 0.15) is 4.88 Å². The zero-order valence-electron chi connectivity index (χ0n) is 11.9. The van der Waals surface area contributed by atoms with Crippen LogP contribution in [0.15, 0.2) is 6.20 Å². The molecule has 0 bridgehead atoms. The first-order chi connectivity index (χ1) is 9.99. The molecule has 0 radical (unpaired) electrons. The Morgan fingerprint density at radius 1 is 1.38 bits per heavy atom. The van der Waals surface area contributed by atoms with Gasteiger partial charge in [-0.15, -0.1) is 11.3 Å². The van der Waals surface area contributed by atoms with Crippen molar-refractivity contribution in [3.63, 3.8) is 0 Å². The van der Waals surface area contributed by atoms with Gasteiger partial charge in [0.25, 0.3) is 0 Å². The Morgan fingerprint density at radius 2 is 2.14 bits per heavy atom. The van der Waals surface area contributed by atoms with E-state index >= 15 is 0 Å². The lowest BCUT2D eigenvalue weighted by atomic mass is 10.4. The highest BCUT2D eigenvalue weighted by Crippen LogP contribution is 2.18. The number of nitrogens with zero attached hydrogens (tertiary/aromatic N) is 3. The molecular formula is C12H17N5O3S. The van der Waals surface area contributed by atoms with Gasteiger partial charge in [0.2, 0.25) is 11.8 Å². The minimum Gasteiger partial charge on any atom is -0.359 e. The van der Waals surface area contributed by atoms with Gasteiger partial charge in [-0.25, -0.2) is 9.78 Å². The van der Waals surface area contributed by atoms with Crippen LogP contribution in [-0.2, 0) is 16.0 Å². The van der Waals surface area contributed by atoms with Gasteiger partial charge in [0.05, 0.1) is 6.42 Å². The molecule has 4 amide bonds. The van der Waals surface area contributed by atoms with Crippen LogP contribution in [-0.4, -0.2) is 66.4 Å². The molecule has 8 nitrogen and oxygen atoms in total. The first-order valence-electron chi connectivity index (χ1n) is 6.44. The summed E-state index contributed by atoms with van der Waals surface area (Å²) >= 11 is 1.25. The number of hydrogen-bond donors (Lipinski definition) is 2. The van der Waals surface area contributed by atoms with Crippen LogP contribution in [0, 0.1) is 0 Å². The van der Waals surface area contributed by atoms with E-state index < -0.39 is 0 Å². The fourth-order valence-corrected chi connectivity index (χ4v) is 2.70. The third kappa shape index (κ3) is 3.91. The summed E-state index contributed by atoms with van der Waals surface area (Å²) < 4.78 is 0. The van der Waals surface area contributed by atoms with E-state index in [0.717, 1.165) is 4.88 Å². The third-order valence-corrected chi connectivity index (χ3v) is 3.96. The Balaban J connectivity index is 1.85. The summed E-state index contributed by atoms with van der Waals surface area (Å²) in [6.45, 7) is 1.18. The molecule has 0 atom stereocenters. The fraction of sp³-hybridized carbons (Fsp3) is 0.500. The summed E-state index contributed by atoms with van der Waals surface area (Å²) in [6.07, 6.45) is 1.80. The van der Waals surface area contributed by atoms with Crippen molar-refractivity contribution in [1.82, 2.24) is 20.1 Å². The van der Waals surface area contributed by atoms with E-state index in [9.17, 15) is 14.4 Å². The number of amides is 4. The number of anilines is 1. The molecule has 1 aromatic heterocycles. The molecule has 1 aliphatic rings. The molecule has 114 valence electrons. The molecule has 9 heteroatoms. The van der Waals surface area contributed by atoms with Crippen molar-refractivity contribution in [3.8, 4) is 0 Å². The summed E-state index contributed by atoms with van der Waals surface area (Å²) in [7, 11) is 3.27. The number of urea groups is 1. The highest BCUT2D eigenvalue weighted by Gasteiger charge is 2.27. The SMILES string of the molecule is CNC(=O)Cc1cnc(NC(=O)CN2CCN(C)C2=O)s1. The zero-order chi connectivity index (χ0) is 15.4. The van der Waals surface area contributed by atoms with E-state index in [0.29, 0.717) is 18.2 Å². The first kappa shape index (κ1) is 15.2. The normalized spacial score (nSPS) is 14.5. The van der Waals surface area contributed by atoms with Crippen molar-refractivity contribution in [2.24, 2.45) is 0 Å². The van der Waals surface area contributed by atoms with Crippen molar-refractivity contribution in [3.05, 3.63) is 11.1 Å². The second kappa shape index (κ2) is 6.53. The van der Waals surface area contributed by atoms with Crippen LogP contribution in [0.4, 0.5) is 9.93 Å². The second-order valence-electron chi connectivity index (χ2n) is 4.66. The fourth-order valence-electron chi connectivity index (χ4n) is 1.88. The van der Waals surface area contributed by atoms with E-state index in [1.165, 1.54) is 16.2 Å².